The summed E-state index contributed by atoms with van der Waals surface area (Å²) in [5, 5.41) is 27.7. The highest BCUT2D eigenvalue weighted by molar-refractivity contribution is 6.07. The van der Waals surface area contributed by atoms with Gasteiger partial charge in [0.2, 0.25) is 0 Å². The fourth-order valence-electron chi connectivity index (χ4n) is 4.12. The molecule has 5 aromatic rings. The van der Waals surface area contributed by atoms with E-state index in [1.807, 2.05) is 0 Å². The van der Waals surface area contributed by atoms with Gasteiger partial charge in [0.1, 0.15) is 11.1 Å². The Balaban J connectivity index is 1.24. The lowest BCUT2D eigenvalue weighted by atomic mass is 10.1. The molecule has 0 fully saturated rings. The number of aromatic nitrogens is 2. The minimum atomic E-state index is -0.604. The van der Waals surface area contributed by atoms with Crippen molar-refractivity contribution >= 4 is 34.6 Å². The minimum absolute atomic E-state index is 0.0360. The van der Waals surface area contributed by atoms with Crippen LogP contribution in [0.5, 0.6) is 0 Å². The second-order valence-corrected chi connectivity index (χ2v) is 8.91. The van der Waals surface area contributed by atoms with Crippen LogP contribution in [0.4, 0.5) is 22.7 Å². The van der Waals surface area contributed by atoms with Crippen LogP contribution in [0.15, 0.2) is 109 Å². The van der Waals surface area contributed by atoms with Crippen LogP contribution in [0.2, 0.25) is 0 Å². The Labute approximate surface area is 238 Å². The van der Waals surface area contributed by atoms with E-state index in [0.29, 0.717) is 22.8 Å². The molecule has 12 heteroatoms. The van der Waals surface area contributed by atoms with Gasteiger partial charge in [-0.1, -0.05) is 36.4 Å². The van der Waals surface area contributed by atoms with E-state index in [-0.39, 0.29) is 22.5 Å². The quantitative estimate of drug-likeness (QED) is 0.168. The average molecular weight is 561 g/mol. The van der Waals surface area contributed by atoms with Gasteiger partial charge in [-0.15, -0.1) is 0 Å². The summed E-state index contributed by atoms with van der Waals surface area (Å²) in [5.74, 6) is -0.735. The number of hydrogen-bond acceptors (Lipinski definition) is 8. The average Bonchev–Trinajstić information content (AvgIpc) is 3.02. The van der Waals surface area contributed by atoms with E-state index in [0.717, 1.165) is 11.1 Å². The number of carbonyl (C=O) groups is 2. The highest BCUT2D eigenvalue weighted by atomic mass is 16.6. The molecule has 0 saturated heterocycles. The molecule has 1 heterocycles. The molecular formula is C30H20N6O6. The van der Waals surface area contributed by atoms with Crippen molar-refractivity contribution in [3.63, 3.8) is 0 Å². The first kappa shape index (κ1) is 27.3. The number of carbonyl (C=O) groups excluding carboxylic acids is 2. The van der Waals surface area contributed by atoms with E-state index in [1.165, 1.54) is 36.4 Å². The number of rotatable bonds is 8. The lowest BCUT2D eigenvalue weighted by molar-refractivity contribution is -0.385. The second-order valence-electron chi connectivity index (χ2n) is 8.91. The van der Waals surface area contributed by atoms with Crippen LogP contribution < -0.4 is 10.6 Å². The van der Waals surface area contributed by atoms with E-state index in [2.05, 4.69) is 20.6 Å². The monoisotopic (exact) mass is 560 g/mol. The molecule has 0 saturated carbocycles. The summed E-state index contributed by atoms with van der Waals surface area (Å²) in [7, 11) is 0. The van der Waals surface area contributed by atoms with Gasteiger partial charge < -0.3 is 10.6 Å². The standard InChI is InChI=1S/C30H20N6O6/c37-29(24-5-1-3-7-26(24)35(39)40)33-22-13-9-19(10-14-22)21-17-31-28(32-18-21)20-11-15-23(16-12-20)34-30(38)25-6-2-4-8-27(25)36(41)42/h1-18H,(H,33,37)(H,34,38). The summed E-state index contributed by atoms with van der Waals surface area (Å²) in [5.41, 5.74) is 2.49. The van der Waals surface area contributed by atoms with Gasteiger partial charge in [0.05, 0.1) is 9.85 Å². The van der Waals surface area contributed by atoms with Crippen LogP contribution in [-0.4, -0.2) is 31.6 Å². The third-order valence-corrected chi connectivity index (χ3v) is 6.22. The third kappa shape index (κ3) is 5.97. The lowest BCUT2D eigenvalue weighted by Gasteiger charge is -2.08. The Morgan fingerprint density at radius 3 is 1.38 bits per heavy atom. The van der Waals surface area contributed by atoms with E-state index in [9.17, 15) is 29.8 Å². The van der Waals surface area contributed by atoms with Gasteiger partial charge in [0.25, 0.3) is 23.2 Å². The summed E-state index contributed by atoms with van der Waals surface area (Å²) < 4.78 is 0. The summed E-state index contributed by atoms with van der Waals surface area (Å²) in [4.78, 5) is 55.2. The Hall–Kier alpha value is -6.30. The van der Waals surface area contributed by atoms with Crippen LogP contribution in [0.1, 0.15) is 20.7 Å². The number of amides is 2. The number of nitro groups is 2. The number of nitrogens with zero attached hydrogens (tertiary/aromatic N) is 4. The number of anilines is 2. The molecule has 12 nitrogen and oxygen atoms in total. The molecule has 0 bridgehead atoms. The molecule has 0 aliphatic heterocycles. The van der Waals surface area contributed by atoms with Crippen LogP contribution in [0.25, 0.3) is 22.5 Å². The lowest BCUT2D eigenvalue weighted by Crippen LogP contribution is -2.13. The first-order valence-corrected chi connectivity index (χ1v) is 12.4. The van der Waals surface area contributed by atoms with Crippen LogP contribution in [0.3, 0.4) is 0 Å². The number of hydrogen-bond donors (Lipinski definition) is 2. The second kappa shape index (κ2) is 11.8. The summed E-state index contributed by atoms with van der Waals surface area (Å²) in [6, 6.07) is 25.0. The Morgan fingerprint density at radius 1 is 0.548 bits per heavy atom. The van der Waals surface area contributed by atoms with Gasteiger partial charge in [-0.25, -0.2) is 9.97 Å². The number of benzene rings is 4. The topological polar surface area (TPSA) is 170 Å². The van der Waals surface area contributed by atoms with Crippen molar-refractivity contribution in [2.75, 3.05) is 10.6 Å². The molecule has 2 amide bonds. The van der Waals surface area contributed by atoms with E-state index in [1.54, 1.807) is 73.1 Å². The maximum absolute atomic E-state index is 12.6. The number of nitro benzene ring substituents is 2. The Morgan fingerprint density at radius 2 is 0.952 bits per heavy atom. The van der Waals surface area contributed by atoms with E-state index in [4.69, 9.17) is 0 Å². The first-order chi connectivity index (χ1) is 20.3. The SMILES string of the molecule is O=C(Nc1ccc(-c2cnc(-c3ccc(NC(=O)c4ccccc4[N+](=O)[O-])cc3)nc2)cc1)c1ccccc1[N+](=O)[O-]. The van der Waals surface area contributed by atoms with Gasteiger partial charge in [-0.3, -0.25) is 29.8 Å². The molecule has 2 N–H and O–H groups in total. The minimum Gasteiger partial charge on any atom is -0.322 e. The van der Waals surface area contributed by atoms with Crippen LogP contribution >= 0.6 is 0 Å². The highest BCUT2D eigenvalue weighted by Crippen LogP contribution is 2.25. The molecule has 42 heavy (non-hydrogen) atoms. The molecular weight excluding hydrogens is 540 g/mol. The smallest absolute Gasteiger partial charge is 0.282 e. The molecule has 0 aliphatic rings. The molecule has 0 atom stereocenters. The largest absolute Gasteiger partial charge is 0.322 e. The van der Waals surface area contributed by atoms with Gasteiger partial charge >= 0.3 is 0 Å². The van der Waals surface area contributed by atoms with Gasteiger partial charge in [0.15, 0.2) is 5.82 Å². The molecule has 1 aromatic heterocycles. The van der Waals surface area contributed by atoms with Crippen molar-refractivity contribution in [2.45, 2.75) is 0 Å². The normalized spacial score (nSPS) is 10.5. The van der Waals surface area contributed by atoms with E-state index < -0.39 is 21.7 Å². The maximum Gasteiger partial charge on any atom is 0.282 e. The van der Waals surface area contributed by atoms with Crippen LogP contribution in [0, 0.1) is 20.2 Å². The molecule has 206 valence electrons. The molecule has 4 aromatic carbocycles. The number of para-hydroxylation sites is 2. The summed E-state index contributed by atoms with van der Waals surface area (Å²) in [6.07, 6.45) is 3.29. The molecule has 0 radical (unpaired) electrons. The predicted octanol–water partition coefficient (Wildman–Crippen LogP) is 6.13. The molecule has 5 rings (SSSR count). The highest BCUT2D eigenvalue weighted by Gasteiger charge is 2.20. The van der Waals surface area contributed by atoms with Gasteiger partial charge in [-0.05, 0) is 54.1 Å². The van der Waals surface area contributed by atoms with Crippen molar-refractivity contribution in [1.82, 2.24) is 9.97 Å². The zero-order chi connectivity index (χ0) is 29.6. The first-order valence-electron chi connectivity index (χ1n) is 12.4. The maximum atomic E-state index is 12.6. The third-order valence-electron chi connectivity index (χ3n) is 6.22. The Kier molecular flexibility index (Phi) is 7.69. The van der Waals surface area contributed by atoms with Crippen molar-refractivity contribution in [3.05, 3.63) is 141 Å². The fourth-order valence-corrected chi connectivity index (χ4v) is 4.12. The number of nitrogens with one attached hydrogen (secondary N) is 2. The zero-order valence-corrected chi connectivity index (χ0v) is 21.6. The fraction of sp³-hybridized carbons (Fsp3) is 0. The molecule has 0 unspecified atom stereocenters. The van der Waals surface area contributed by atoms with E-state index >= 15 is 0 Å². The van der Waals surface area contributed by atoms with Gasteiger partial charge in [0, 0.05) is 47.0 Å². The van der Waals surface area contributed by atoms with Crippen molar-refractivity contribution < 1.29 is 19.4 Å². The predicted molar refractivity (Wildman–Crippen MR) is 155 cm³/mol. The van der Waals surface area contributed by atoms with Crippen LogP contribution in [-0.2, 0) is 0 Å². The summed E-state index contributed by atoms with van der Waals surface area (Å²) >= 11 is 0. The summed E-state index contributed by atoms with van der Waals surface area (Å²) in [6.45, 7) is 0. The molecule has 0 aliphatic carbocycles. The van der Waals surface area contributed by atoms with Crippen molar-refractivity contribution in [2.24, 2.45) is 0 Å². The van der Waals surface area contributed by atoms with Crippen molar-refractivity contribution in [3.8, 4) is 22.5 Å². The Bertz CT molecular complexity index is 1670. The molecule has 0 spiro atoms. The zero-order valence-electron chi connectivity index (χ0n) is 21.6. The van der Waals surface area contributed by atoms with Gasteiger partial charge in [-0.2, -0.15) is 0 Å². The van der Waals surface area contributed by atoms with Crippen molar-refractivity contribution in [1.29, 1.82) is 0 Å².